The monoisotopic (exact) mass is 224 g/mol. The molecule has 4 heteroatoms. The first-order valence-electron chi connectivity index (χ1n) is 3.29. The van der Waals surface area contributed by atoms with Crippen molar-refractivity contribution in [3.05, 3.63) is 0 Å². The summed E-state index contributed by atoms with van der Waals surface area (Å²) in [7, 11) is 0. The summed E-state index contributed by atoms with van der Waals surface area (Å²) < 4.78 is 0. The van der Waals surface area contributed by atoms with Gasteiger partial charge in [-0.05, 0) is 18.6 Å². The molecule has 0 aromatic carbocycles. The first-order chi connectivity index (χ1) is 4.33. The molecule has 0 aromatic heterocycles. The van der Waals surface area contributed by atoms with E-state index in [1.807, 2.05) is 0 Å². The normalized spacial score (nSPS) is 18.3. The lowest BCUT2D eigenvalue weighted by atomic mass is 10.8. The van der Waals surface area contributed by atoms with E-state index >= 15 is 0 Å². The van der Waals surface area contributed by atoms with Crippen molar-refractivity contribution in [1.82, 2.24) is 0 Å². The van der Waals surface area contributed by atoms with Crippen molar-refractivity contribution in [2.45, 2.75) is 25.8 Å². The number of aliphatic imine (C=N–C) groups is 1. The van der Waals surface area contributed by atoms with Gasteiger partial charge in [-0.3, -0.25) is 4.99 Å². The second-order valence-corrected chi connectivity index (χ2v) is 3.42. The molecule has 0 spiro atoms. The van der Waals surface area contributed by atoms with Crippen LogP contribution >= 0.6 is 28.7 Å². The molecule has 1 saturated carbocycles. The molecule has 1 aliphatic carbocycles. The highest BCUT2D eigenvalue weighted by Gasteiger charge is 2.20. The van der Waals surface area contributed by atoms with Gasteiger partial charge < -0.3 is 5.73 Å². The standard InChI is InChI=1S/C6H12N2S.BrH/c1-2-9-6(7)8-5-3-4-5;/h5H,2-4H2,1H3,(H2,7,8);1H. The number of hydrogen-bond acceptors (Lipinski definition) is 2. The fraction of sp³-hybridized carbons (Fsp3) is 0.833. The van der Waals surface area contributed by atoms with Gasteiger partial charge in [0.1, 0.15) is 0 Å². The number of halogens is 1. The Balaban J connectivity index is 0.000000810. The Kier molecular flexibility index (Phi) is 5.17. The summed E-state index contributed by atoms with van der Waals surface area (Å²) in [5.41, 5.74) is 5.54. The van der Waals surface area contributed by atoms with Crippen LogP contribution in [0.2, 0.25) is 0 Å². The molecule has 0 atom stereocenters. The minimum absolute atomic E-state index is 0. The Bertz CT molecular complexity index is 123. The van der Waals surface area contributed by atoms with Gasteiger partial charge in [-0.15, -0.1) is 17.0 Å². The predicted molar refractivity (Wildman–Crippen MR) is 53.1 cm³/mol. The molecule has 0 bridgehead atoms. The van der Waals surface area contributed by atoms with Gasteiger partial charge in [0.05, 0.1) is 6.04 Å². The molecule has 0 amide bonds. The Labute approximate surface area is 76.4 Å². The topological polar surface area (TPSA) is 38.4 Å². The van der Waals surface area contributed by atoms with E-state index in [2.05, 4.69) is 11.9 Å². The maximum absolute atomic E-state index is 5.54. The largest absolute Gasteiger partial charge is 0.379 e. The highest BCUT2D eigenvalue weighted by molar-refractivity contribution is 8.93. The van der Waals surface area contributed by atoms with E-state index in [4.69, 9.17) is 5.73 Å². The zero-order chi connectivity index (χ0) is 6.69. The third-order valence-corrected chi connectivity index (χ3v) is 1.84. The van der Waals surface area contributed by atoms with Crippen LogP contribution in [0, 0.1) is 0 Å². The van der Waals surface area contributed by atoms with Crippen LogP contribution in [-0.4, -0.2) is 17.0 Å². The van der Waals surface area contributed by atoms with E-state index in [0.29, 0.717) is 6.04 Å². The Morgan fingerprint density at radius 1 is 1.70 bits per heavy atom. The van der Waals surface area contributed by atoms with Gasteiger partial charge >= 0.3 is 0 Å². The number of amidine groups is 1. The van der Waals surface area contributed by atoms with Crippen LogP contribution in [0.25, 0.3) is 0 Å². The zero-order valence-corrected chi connectivity index (χ0v) is 8.57. The lowest BCUT2D eigenvalue weighted by molar-refractivity contribution is 1.07. The maximum Gasteiger partial charge on any atom is 0.154 e. The molecule has 0 radical (unpaired) electrons. The predicted octanol–water partition coefficient (Wildman–Crippen LogP) is 1.79. The van der Waals surface area contributed by atoms with Crippen molar-refractivity contribution in [1.29, 1.82) is 0 Å². The van der Waals surface area contributed by atoms with Gasteiger partial charge in [0, 0.05) is 0 Å². The molecule has 0 unspecified atom stereocenters. The van der Waals surface area contributed by atoms with Crippen LogP contribution in [0.5, 0.6) is 0 Å². The molecule has 0 saturated heterocycles. The number of hydrogen-bond donors (Lipinski definition) is 1. The summed E-state index contributed by atoms with van der Waals surface area (Å²) in [6.45, 7) is 2.08. The highest BCUT2D eigenvalue weighted by Crippen LogP contribution is 2.24. The molecule has 1 fully saturated rings. The van der Waals surface area contributed by atoms with E-state index < -0.39 is 0 Å². The fourth-order valence-electron chi connectivity index (χ4n) is 0.569. The number of nitrogens with zero attached hydrogens (tertiary/aromatic N) is 1. The van der Waals surface area contributed by atoms with Crippen LogP contribution in [0.15, 0.2) is 4.99 Å². The summed E-state index contributed by atoms with van der Waals surface area (Å²) in [4.78, 5) is 4.24. The Morgan fingerprint density at radius 3 is 2.70 bits per heavy atom. The molecule has 1 aliphatic rings. The van der Waals surface area contributed by atoms with Crippen LogP contribution in [0.1, 0.15) is 19.8 Å². The van der Waals surface area contributed by atoms with Crippen molar-refractivity contribution in [3.63, 3.8) is 0 Å². The summed E-state index contributed by atoms with van der Waals surface area (Å²) in [6.07, 6.45) is 2.48. The molecule has 60 valence electrons. The summed E-state index contributed by atoms with van der Waals surface area (Å²) in [5, 5.41) is 0.764. The summed E-state index contributed by atoms with van der Waals surface area (Å²) in [6, 6.07) is 0.573. The van der Waals surface area contributed by atoms with Gasteiger partial charge in [0.15, 0.2) is 5.17 Å². The van der Waals surface area contributed by atoms with Crippen LogP contribution in [-0.2, 0) is 0 Å². The summed E-state index contributed by atoms with van der Waals surface area (Å²) >= 11 is 1.63. The number of nitrogens with two attached hydrogens (primary N) is 1. The SMILES string of the molecule is Br.CCSC(N)=NC1CC1. The Morgan fingerprint density at radius 2 is 2.30 bits per heavy atom. The molecule has 0 aromatic rings. The third kappa shape index (κ3) is 4.17. The van der Waals surface area contributed by atoms with E-state index in [1.54, 1.807) is 11.8 Å². The van der Waals surface area contributed by atoms with E-state index in [0.717, 1.165) is 10.9 Å². The van der Waals surface area contributed by atoms with Gasteiger partial charge in [-0.1, -0.05) is 18.7 Å². The zero-order valence-electron chi connectivity index (χ0n) is 6.04. The second kappa shape index (κ2) is 5.02. The fourth-order valence-corrected chi connectivity index (χ4v) is 1.09. The average molecular weight is 225 g/mol. The maximum atomic E-state index is 5.54. The van der Waals surface area contributed by atoms with E-state index in [1.165, 1.54) is 12.8 Å². The van der Waals surface area contributed by atoms with Gasteiger partial charge in [-0.2, -0.15) is 0 Å². The van der Waals surface area contributed by atoms with Crippen molar-refractivity contribution in [2.24, 2.45) is 10.7 Å². The van der Waals surface area contributed by atoms with E-state index in [-0.39, 0.29) is 17.0 Å². The quantitative estimate of drug-likeness (QED) is 0.574. The van der Waals surface area contributed by atoms with Crippen LogP contribution in [0.3, 0.4) is 0 Å². The third-order valence-electron chi connectivity index (χ3n) is 1.15. The minimum Gasteiger partial charge on any atom is -0.379 e. The van der Waals surface area contributed by atoms with Crippen molar-refractivity contribution in [2.75, 3.05) is 5.75 Å². The lowest BCUT2D eigenvalue weighted by Gasteiger charge is -1.93. The Hall–Kier alpha value is 0.300. The van der Waals surface area contributed by atoms with Crippen molar-refractivity contribution >= 4 is 33.9 Å². The first kappa shape index (κ1) is 10.3. The van der Waals surface area contributed by atoms with Crippen LogP contribution in [0.4, 0.5) is 0 Å². The molecule has 0 aliphatic heterocycles. The molecule has 2 nitrogen and oxygen atoms in total. The van der Waals surface area contributed by atoms with Crippen molar-refractivity contribution < 1.29 is 0 Å². The first-order valence-corrected chi connectivity index (χ1v) is 4.27. The van der Waals surface area contributed by atoms with Gasteiger partial charge in [0.25, 0.3) is 0 Å². The molecule has 0 heterocycles. The van der Waals surface area contributed by atoms with Gasteiger partial charge in [0.2, 0.25) is 0 Å². The average Bonchev–Trinajstić information content (AvgIpc) is 2.50. The van der Waals surface area contributed by atoms with Crippen molar-refractivity contribution in [3.8, 4) is 0 Å². The second-order valence-electron chi connectivity index (χ2n) is 2.13. The molecule has 10 heavy (non-hydrogen) atoms. The number of thioether (sulfide) groups is 1. The summed E-state index contributed by atoms with van der Waals surface area (Å²) in [5.74, 6) is 1.03. The molecular formula is C6H13BrN2S. The molecular weight excluding hydrogens is 212 g/mol. The van der Waals surface area contributed by atoms with Crippen LogP contribution < -0.4 is 5.73 Å². The van der Waals surface area contributed by atoms with Gasteiger partial charge in [-0.25, -0.2) is 0 Å². The molecule has 1 rings (SSSR count). The smallest absolute Gasteiger partial charge is 0.154 e. The highest BCUT2D eigenvalue weighted by atomic mass is 79.9. The number of rotatable bonds is 2. The van der Waals surface area contributed by atoms with E-state index in [9.17, 15) is 0 Å². The lowest BCUT2D eigenvalue weighted by Crippen LogP contribution is -2.07. The minimum atomic E-state index is 0. The molecule has 2 N–H and O–H groups in total.